The van der Waals surface area contributed by atoms with E-state index in [2.05, 4.69) is 44.1 Å². The van der Waals surface area contributed by atoms with E-state index in [9.17, 15) is 4.79 Å². The van der Waals surface area contributed by atoms with Gasteiger partial charge in [0.05, 0.1) is 12.6 Å². The Hall–Kier alpha value is -2.47. The molecule has 2 heterocycles. The highest BCUT2D eigenvalue weighted by atomic mass is 16.2. The first-order valence-corrected chi connectivity index (χ1v) is 9.35. The summed E-state index contributed by atoms with van der Waals surface area (Å²) in [6.45, 7) is 5.96. The van der Waals surface area contributed by atoms with Crippen LogP contribution in [0.1, 0.15) is 31.4 Å². The van der Waals surface area contributed by atoms with E-state index < -0.39 is 0 Å². The normalized spacial score (nSPS) is 16.3. The topological polar surface area (TPSA) is 61.4 Å². The first-order chi connectivity index (χ1) is 12.8. The zero-order valence-electron chi connectivity index (χ0n) is 15.3. The van der Waals surface area contributed by atoms with Crippen molar-refractivity contribution in [3.63, 3.8) is 0 Å². The van der Waals surface area contributed by atoms with Gasteiger partial charge in [-0.25, -0.2) is 9.97 Å². The van der Waals surface area contributed by atoms with Gasteiger partial charge in [0.2, 0.25) is 11.9 Å². The summed E-state index contributed by atoms with van der Waals surface area (Å²) in [5.74, 6) is 0.861. The molecule has 26 heavy (non-hydrogen) atoms. The molecule has 1 fully saturated rings. The number of benzene rings is 1. The van der Waals surface area contributed by atoms with Crippen LogP contribution < -0.4 is 10.2 Å². The molecule has 0 radical (unpaired) electrons. The summed E-state index contributed by atoms with van der Waals surface area (Å²) in [6.07, 6.45) is 5.52. The highest BCUT2D eigenvalue weighted by Gasteiger charge is 2.21. The molecule has 1 aromatic heterocycles. The average Bonchev–Trinajstić information content (AvgIpc) is 2.69. The second kappa shape index (κ2) is 9.29. The molecule has 0 saturated carbocycles. The molecule has 138 valence electrons. The molecule has 1 saturated heterocycles. The van der Waals surface area contributed by atoms with Crippen LogP contribution in [0, 0.1) is 0 Å². The van der Waals surface area contributed by atoms with Crippen molar-refractivity contribution < 1.29 is 4.79 Å². The summed E-state index contributed by atoms with van der Waals surface area (Å²) in [4.78, 5) is 25.5. The predicted octanol–water partition coefficient (Wildman–Crippen LogP) is 2.26. The van der Waals surface area contributed by atoms with Crippen LogP contribution in [0.3, 0.4) is 0 Å². The minimum absolute atomic E-state index is 0.0905. The molecule has 6 nitrogen and oxygen atoms in total. The van der Waals surface area contributed by atoms with Gasteiger partial charge in [0.15, 0.2) is 0 Å². The fourth-order valence-electron chi connectivity index (χ4n) is 3.30. The minimum Gasteiger partial charge on any atom is -0.348 e. The maximum Gasteiger partial charge on any atom is 0.234 e. The second-order valence-electron chi connectivity index (χ2n) is 6.63. The third-order valence-electron chi connectivity index (χ3n) is 4.69. The Morgan fingerprint density at radius 3 is 2.42 bits per heavy atom. The van der Waals surface area contributed by atoms with Gasteiger partial charge in [-0.3, -0.25) is 9.69 Å². The largest absolute Gasteiger partial charge is 0.348 e. The first-order valence-electron chi connectivity index (χ1n) is 9.35. The minimum atomic E-state index is 0.0905. The lowest BCUT2D eigenvalue weighted by molar-refractivity contribution is -0.123. The Balaban J connectivity index is 1.49. The highest BCUT2D eigenvalue weighted by Crippen LogP contribution is 2.18. The van der Waals surface area contributed by atoms with Crippen LogP contribution in [-0.4, -0.2) is 53.5 Å². The van der Waals surface area contributed by atoms with E-state index in [1.807, 2.05) is 24.3 Å². The number of carbonyl (C=O) groups is 1. The van der Waals surface area contributed by atoms with Crippen molar-refractivity contribution >= 4 is 11.9 Å². The molecule has 1 unspecified atom stereocenters. The predicted molar refractivity (Wildman–Crippen MR) is 103 cm³/mol. The Kier molecular flexibility index (Phi) is 6.55. The van der Waals surface area contributed by atoms with Gasteiger partial charge in [0, 0.05) is 38.6 Å². The van der Waals surface area contributed by atoms with Gasteiger partial charge in [-0.2, -0.15) is 0 Å². The number of carbonyl (C=O) groups excluding carboxylic acids is 1. The fraction of sp³-hybridized carbons (Fsp3) is 0.450. The van der Waals surface area contributed by atoms with Gasteiger partial charge in [-0.05, 0) is 18.1 Å². The monoisotopic (exact) mass is 353 g/mol. The van der Waals surface area contributed by atoms with Crippen LogP contribution in [0.2, 0.25) is 0 Å². The maximum atomic E-state index is 12.5. The van der Waals surface area contributed by atoms with Gasteiger partial charge >= 0.3 is 0 Å². The number of amides is 1. The van der Waals surface area contributed by atoms with Crippen LogP contribution in [0.4, 0.5) is 5.95 Å². The summed E-state index contributed by atoms with van der Waals surface area (Å²) >= 11 is 0. The highest BCUT2D eigenvalue weighted by molar-refractivity contribution is 5.78. The quantitative estimate of drug-likeness (QED) is 0.827. The summed E-state index contributed by atoms with van der Waals surface area (Å²) in [5, 5.41) is 3.21. The van der Waals surface area contributed by atoms with Crippen LogP contribution >= 0.6 is 0 Å². The fourth-order valence-corrected chi connectivity index (χ4v) is 3.30. The summed E-state index contributed by atoms with van der Waals surface area (Å²) in [5.41, 5.74) is 1.17. The standard InChI is InChI=1S/C20H27N5O/c1-2-7-18(17-8-4-3-5-9-17)23-19(26)16-24-12-14-25(15-13-24)20-21-10-6-11-22-20/h3-6,8-11,18H,2,7,12-16H2,1H3,(H,23,26). The molecule has 0 aliphatic carbocycles. The zero-order chi connectivity index (χ0) is 18.2. The van der Waals surface area contributed by atoms with Crippen molar-refractivity contribution in [2.24, 2.45) is 0 Å². The van der Waals surface area contributed by atoms with Crippen molar-refractivity contribution in [1.82, 2.24) is 20.2 Å². The number of aromatic nitrogens is 2. The molecule has 0 bridgehead atoms. The van der Waals surface area contributed by atoms with Crippen LogP contribution in [0.15, 0.2) is 48.8 Å². The molecule has 1 aromatic carbocycles. The lowest BCUT2D eigenvalue weighted by Crippen LogP contribution is -2.50. The van der Waals surface area contributed by atoms with Gasteiger partial charge < -0.3 is 10.2 Å². The molecule has 0 spiro atoms. The van der Waals surface area contributed by atoms with E-state index in [-0.39, 0.29) is 11.9 Å². The van der Waals surface area contributed by atoms with Crippen molar-refractivity contribution in [3.05, 3.63) is 54.4 Å². The molecule has 6 heteroatoms. The number of nitrogens with one attached hydrogen (secondary N) is 1. The van der Waals surface area contributed by atoms with Gasteiger partial charge in [-0.15, -0.1) is 0 Å². The van der Waals surface area contributed by atoms with Crippen LogP contribution in [0.25, 0.3) is 0 Å². The summed E-state index contributed by atoms with van der Waals surface area (Å²) in [7, 11) is 0. The van der Waals surface area contributed by atoms with Crippen molar-refractivity contribution in [2.75, 3.05) is 37.6 Å². The lowest BCUT2D eigenvalue weighted by Gasteiger charge is -2.34. The number of hydrogen-bond donors (Lipinski definition) is 1. The van der Waals surface area contributed by atoms with Crippen molar-refractivity contribution in [1.29, 1.82) is 0 Å². The molecule has 1 aliphatic heterocycles. The third-order valence-corrected chi connectivity index (χ3v) is 4.69. The number of nitrogens with zero attached hydrogens (tertiary/aromatic N) is 4. The van der Waals surface area contributed by atoms with E-state index >= 15 is 0 Å². The Bertz CT molecular complexity index is 671. The van der Waals surface area contributed by atoms with Crippen LogP contribution in [-0.2, 0) is 4.79 Å². The number of hydrogen-bond acceptors (Lipinski definition) is 5. The average molecular weight is 353 g/mol. The number of piperazine rings is 1. The smallest absolute Gasteiger partial charge is 0.234 e. The van der Waals surface area contributed by atoms with E-state index in [4.69, 9.17) is 0 Å². The Labute approximate surface area is 155 Å². The lowest BCUT2D eigenvalue weighted by atomic mass is 10.0. The molecule has 1 amide bonds. The molecule has 1 N–H and O–H groups in total. The molecular weight excluding hydrogens is 326 g/mol. The van der Waals surface area contributed by atoms with Gasteiger partial charge in [-0.1, -0.05) is 43.7 Å². The number of anilines is 1. The number of rotatable bonds is 7. The maximum absolute atomic E-state index is 12.5. The summed E-state index contributed by atoms with van der Waals surface area (Å²) in [6, 6.07) is 12.1. The Morgan fingerprint density at radius 1 is 1.08 bits per heavy atom. The second-order valence-corrected chi connectivity index (χ2v) is 6.63. The SMILES string of the molecule is CCCC(NC(=O)CN1CCN(c2ncccn2)CC1)c1ccccc1. The van der Waals surface area contributed by atoms with Gasteiger partial charge in [0.25, 0.3) is 0 Å². The van der Waals surface area contributed by atoms with Crippen molar-refractivity contribution in [2.45, 2.75) is 25.8 Å². The molecule has 1 aliphatic rings. The molecular formula is C20H27N5O. The molecule has 3 rings (SSSR count). The van der Waals surface area contributed by atoms with Crippen LogP contribution in [0.5, 0.6) is 0 Å². The van der Waals surface area contributed by atoms with Crippen molar-refractivity contribution in [3.8, 4) is 0 Å². The van der Waals surface area contributed by atoms with Gasteiger partial charge in [0.1, 0.15) is 0 Å². The first kappa shape index (κ1) is 18.3. The zero-order valence-corrected chi connectivity index (χ0v) is 15.3. The molecule has 1 atom stereocenters. The van der Waals surface area contributed by atoms with E-state index in [1.165, 1.54) is 5.56 Å². The third kappa shape index (κ3) is 5.02. The summed E-state index contributed by atoms with van der Waals surface area (Å²) < 4.78 is 0. The molecule has 2 aromatic rings. The Morgan fingerprint density at radius 2 is 1.77 bits per heavy atom. The van der Waals surface area contributed by atoms with E-state index in [0.717, 1.165) is 45.0 Å². The van der Waals surface area contributed by atoms with E-state index in [0.29, 0.717) is 6.54 Å². The van der Waals surface area contributed by atoms with E-state index in [1.54, 1.807) is 12.4 Å².